The molecule has 18 heteroatoms. The van der Waals surface area contributed by atoms with E-state index in [4.69, 9.17) is 34.2 Å². The molecule has 0 spiro atoms. The smallest absolute Gasteiger partial charge is 0.350 e. The third-order valence-corrected chi connectivity index (χ3v) is 15.5. The number of Topliss-reactive ketones (excluding diaryl/α,β-unsaturated/α-hetero) is 1. The average molecular weight is 1060 g/mol. The number of likely N-dealkylation sites (N-methyl/N-ethyl adjacent to an activating group) is 1. The van der Waals surface area contributed by atoms with Crippen molar-refractivity contribution in [2.24, 2.45) is 23.0 Å². The SMILES string of the molecule is CCN(CCN)c1ccc(/C=C(\C)C(=O)O[C@@H](C(=O)OC2C=C3C(OC(C)=O)C(=O)C4C(C(OCc5ccccc5)[C@](O)(C2)C3(C)C)C2(OC(C)=O)CO[C@@H]2C[C@@H]4O)[C@@H](NC(=O)c2ccccc2)c2ccccc2)c(O)c1. The van der Waals surface area contributed by atoms with E-state index in [-0.39, 0.29) is 47.7 Å². The van der Waals surface area contributed by atoms with E-state index in [1.807, 2.05) is 17.9 Å². The Bertz CT molecular complexity index is 2900. The van der Waals surface area contributed by atoms with Crippen LogP contribution in [0.2, 0.25) is 0 Å². The summed E-state index contributed by atoms with van der Waals surface area (Å²) in [6, 6.07) is 29.0. The molecule has 1 aliphatic heterocycles. The van der Waals surface area contributed by atoms with Gasteiger partial charge in [-0.3, -0.25) is 19.2 Å². The zero-order valence-corrected chi connectivity index (χ0v) is 44.0. The largest absolute Gasteiger partial charge is 0.507 e. The molecule has 6 unspecified atom stereocenters. The second-order valence-corrected chi connectivity index (χ2v) is 20.7. The number of nitrogens with one attached hydrogen (secondary N) is 1. The minimum Gasteiger partial charge on any atom is -0.507 e. The number of hydrogen-bond donors (Lipinski definition) is 5. The number of nitrogens with two attached hydrogens (primary N) is 1. The van der Waals surface area contributed by atoms with Crippen molar-refractivity contribution in [1.29, 1.82) is 0 Å². The molecule has 2 bridgehead atoms. The van der Waals surface area contributed by atoms with Crippen molar-refractivity contribution >= 4 is 47.3 Å². The normalized spacial score (nSPS) is 27.0. The molecule has 18 nitrogen and oxygen atoms in total. The number of esters is 4. The summed E-state index contributed by atoms with van der Waals surface area (Å²) in [5, 5.41) is 39.9. The Balaban J connectivity index is 1.24. The van der Waals surface area contributed by atoms with Crippen molar-refractivity contribution in [3.63, 3.8) is 0 Å². The molecule has 11 atom stereocenters. The summed E-state index contributed by atoms with van der Waals surface area (Å²) in [4.78, 5) is 87.5. The maximum atomic E-state index is 15.4. The number of hydrogen-bond acceptors (Lipinski definition) is 17. The summed E-state index contributed by atoms with van der Waals surface area (Å²) in [6.07, 6.45) is -6.97. The quantitative estimate of drug-likeness (QED) is 0.0359. The molecule has 6 N–H and O–H groups in total. The number of aromatic hydroxyl groups is 1. The van der Waals surface area contributed by atoms with Crippen molar-refractivity contribution in [2.75, 3.05) is 31.1 Å². The minimum atomic E-state index is -2.23. The number of anilines is 1. The summed E-state index contributed by atoms with van der Waals surface area (Å²) in [6.45, 7) is 10.1. The van der Waals surface area contributed by atoms with Gasteiger partial charge in [-0.2, -0.15) is 0 Å². The molecule has 3 fully saturated rings. The highest BCUT2D eigenvalue weighted by Crippen LogP contribution is 2.60. The summed E-state index contributed by atoms with van der Waals surface area (Å²) in [5.41, 5.74) is 2.51. The number of fused-ring (bicyclic) bond motifs is 5. The summed E-state index contributed by atoms with van der Waals surface area (Å²) >= 11 is 0. The second-order valence-electron chi connectivity index (χ2n) is 20.7. The molecular weight excluding hydrogens is 991 g/mol. The Kier molecular flexibility index (Phi) is 16.8. The highest BCUT2D eigenvalue weighted by atomic mass is 16.6. The highest BCUT2D eigenvalue weighted by molar-refractivity contribution is 5.97. The molecule has 4 aromatic carbocycles. The number of nitrogens with zero attached hydrogens (tertiary/aromatic N) is 1. The van der Waals surface area contributed by atoms with Crippen LogP contribution < -0.4 is 16.0 Å². The molecule has 1 saturated heterocycles. The Labute approximate surface area is 447 Å². The number of ether oxygens (including phenoxy) is 6. The van der Waals surface area contributed by atoms with Crippen molar-refractivity contribution in [3.8, 4) is 5.75 Å². The highest BCUT2D eigenvalue weighted by Gasteiger charge is 2.74. The van der Waals surface area contributed by atoms with Crippen LogP contribution in [0.25, 0.3) is 6.08 Å². The van der Waals surface area contributed by atoms with E-state index in [9.17, 15) is 34.5 Å². The lowest BCUT2D eigenvalue weighted by Gasteiger charge is -2.64. The lowest BCUT2D eigenvalue weighted by molar-refractivity contribution is -0.338. The number of phenolic OH excluding ortho intramolecular Hbond substituents is 1. The monoisotopic (exact) mass is 1060 g/mol. The summed E-state index contributed by atoms with van der Waals surface area (Å²) in [5.74, 6) is -8.18. The fourth-order valence-corrected chi connectivity index (χ4v) is 11.5. The van der Waals surface area contributed by atoms with Gasteiger partial charge in [0, 0.05) is 86.1 Å². The Morgan fingerprint density at radius 3 is 2.17 bits per heavy atom. The molecule has 1 amide bonds. The lowest BCUT2D eigenvalue weighted by Crippen LogP contribution is -2.79. The first-order valence-electron chi connectivity index (χ1n) is 25.8. The third kappa shape index (κ3) is 11.3. The molecule has 2 saturated carbocycles. The molecule has 3 aliphatic carbocycles. The zero-order chi connectivity index (χ0) is 55.4. The summed E-state index contributed by atoms with van der Waals surface area (Å²) < 4.78 is 37.3. The van der Waals surface area contributed by atoms with Crippen molar-refractivity contribution < 1.29 is 72.5 Å². The van der Waals surface area contributed by atoms with Gasteiger partial charge in [-0.15, -0.1) is 0 Å². The number of amides is 1. The Morgan fingerprint density at radius 1 is 0.909 bits per heavy atom. The van der Waals surface area contributed by atoms with Gasteiger partial charge in [0.1, 0.15) is 29.6 Å². The molecule has 4 aliphatic rings. The van der Waals surface area contributed by atoms with E-state index in [1.54, 1.807) is 117 Å². The van der Waals surface area contributed by atoms with Crippen molar-refractivity contribution in [1.82, 2.24) is 5.32 Å². The number of benzene rings is 4. The maximum Gasteiger partial charge on any atom is 0.350 e. The molecular formula is C59H67N3O15. The van der Waals surface area contributed by atoms with Crippen LogP contribution in [0.1, 0.15) is 87.5 Å². The molecule has 4 aromatic rings. The van der Waals surface area contributed by atoms with Crippen LogP contribution in [-0.4, -0.2) is 125 Å². The van der Waals surface area contributed by atoms with Crippen LogP contribution in [-0.2, 0) is 59.0 Å². The van der Waals surface area contributed by atoms with Gasteiger partial charge in [0.25, 0.3) is 5.91 Å². The Morgan fingerprint density at radius 2 is 1.57 bits per heavy atom. The van der Waals surface area contributed by atoms with E-state index < -0.39 is 113 Å². The summed E-state index contributed by atoms with van der Waals surface area (Å²) in [7, 11) is 0. The van der Waals surface area contributed by atoms with Crippen LogP contribution in [0.4, 0.5) is 5.69 Å². The first-order chi connectivity index (χ1) is 36.7. The van der Waals surface area contributed by atoms with E-state index in [0.717, 1.165) is 6.92 Å². The van der Waals surface area contributed by atoms with Crippen LogP contribution in [0.5, 0.6) is 5.75 Å². The fourth-order valence-electron chi connectivity index (χ4n) is 11.5. The predicted molar refractivity (Wildman–Crippen MR) is 280 cm³/mol. The van der Waals surface area contributed by atoms with E-state index in [0.29, 0.717) is 36.4 Å². The number of carbonyl (C=O) groups excluding carboxylic acids is 6. The predicted octanol–water partition coefficient (Wildman–Crippen LogP) is 5.46. The number of aliphatic hydroxyl groups excluding tert-OH is 1. The van der Waals surface area contributed by atoms with Gasteiger partial charge in [-0.05, 0) is 67.0 Å². The number of aliphatic hydroxyl groups is 2. The van der Waals surface area contributed by atoms with Gasteiger partial charge in [-0.25, -0.2) is 9.59 Å². The molecule has 0 radical (unpaired) electrons. The van der Waals surface area contributed by atoms with Crippen LogP contribution >= 0.6 is 0 Å². The van der Waals surface area contributed by atoms with Crippen molar-refractivity contribution in [2.45, 2.75) is 115 Å². The van der Waals surface area contributed by atoms with Gasteiger partial charge in [-0.1, -0.05) is 92.7 Å². The molecule has 1 heterocycles. The number of phenols is 1. The first-order valence-corrected chi connectivity index (χ1v) is 25.8. The van der Waals surface area contributed by atoms with Gasteiger partial charge >= 0.3 is 23.9 Å². The van der Waals surface area contributed by atoms with E-state index >= 15 is 9.59 Å². The number of ketones is 1. The first kappa shape index (κ1) is 56.0. The van der Waals surface area contributed by atoms with Crippen molar-refractivity contribution in [3.05, 3.63) is 149 Å². The lowest BCUT2D eigenvalue weighted by atomic mass is 9.49. The molecule has 8 rings (SSSR count). The standard InChI is InChI=1S/C59H67N3O15/c1-7-62(26-25-60)41-24-23-40(44(65)28-41)27-34(2)55(69)76-52(49(38-19-13-9-14-20-38)61-54(68)39-21-15-10-16-22-39)56(70)75-42-29-43-51(74-35(3)63)50(67)47-45(66)30-46-58(33-73-46,77-36(4)64)48(47)53(59(71,31-42)57(43,5)6)72-32-37-17-11-8-12-18-37/h8-24,27-29,42,45-49,51-53,65-66,71H,7,25-26,30-33,60H2,1-6H3,(H,61,68)/b34-27+/t42?,45-,46+,47?,48?,49-,51?,52+,53?,58?,59+/m0/s1. The minimum absolute atomic E-state index is 0.0111. The molecule has 408 valence electrons. The van der Waals surface area contributed by atoms with E-state index in [1.165, 1.54) is 26.0 Å². The Hall–Kier alpha value is -7.22. The van der Waals surface area contributed by atoms with Gasteiger partial charge < -0.3 is 59.7 Å². The topological polar surface area (TPSA) is 260 Å². The fraction of sp³-hybridized carbons (Fsp3) is 0.424. The third-order valence-electron chi connectivity index (χ3n) is 15.5. The molecule has 77 heavy (non-hydrogen) atoms. The van der Waals surface area contributed by atoms with Gasteiger partial charge in [0.05, 0.1) is 31.3 Å². The van der Waals surface area contributed by atoms with Crippen LogP contribution in [0.15, 0.2) is 126 Å². The van der Waals surface area contributed by atoms with Crippen LogP contribution in [0, 0.1) is 17.3 Å². The van der Waals surface area contributed by atoms with E-state index in [2.05, 4.69) is 5.32 Å². The molecule has 0 aromatic heterocycles. The zero-order valence-electron chi connectivity index (χ0n) is 44.0. The van der Waals surface area contributed by atoms with Gasteiger partial charge in [0.2, 0.25) is 6.10 Å². The number of carbonyl (C=O) groups is 6. The number of rotatable bonds is 18. The van der Waals surface area contributed by atoms with Crippen LogP contribution in [0.3, 0.4) is 0 Å². The average Bonchev–Trinajstić information content (AvgIpc) is 3.40. The maximum absolute atomic E-state index is 15.4. The second kappa shape index (κ2) is 23.2. The van der Waals surface area contributed by atoms with Gasteiger partial charge in [0.15, 0.2) is 17.5 Å².